The van der Waals surface area contributed by atoms with E-state index in [4.69, 9.17) is 4.98 Å². The van der Waals surface area contributed by atoms with Gasteiger partial charge in [-0.25, -0.2) is 9.97 Å². The molecule has 9 nitrogen and oxygen atoms in total. The van der Waals surface area contributed by atoms with Crippen LogP contribution in [0.15, 0.2) is 42.9 Å². The summed E-state index contributed by atoms with van der Waals surface area (Å²) < 4.78 is 1.78. The fourth-order valence-corrected chi connectivity index (χ4v) is 4.77. The molecule has 34 heavy (non-hydrogen) atoms. The minimum Gasteiger partial charge on any atom is -0.367 e. The zero-order valence-corrected chi connectivity index (χ0v) is 20.2. The molecule has 1 aromatic carbocycles. The number of likely N-dealkylation sites (tertiary alicyclic amines) is 1. The van der Waals surface area contributed by atoms with Crippen LogP contribution in [0.4, 0.5) is 5.82 Å². The van der Waals surface area contributed by atoms with E-state index in [2.05, 4.69) is 45.5 Å². The van der Waals surface area contributed by atoms with Crippen molar-refractivity contribution in [2.75, 3.05) is 18.4 Å². The van der Waals surface area contributed by atoms with Crippen LogP contribution in [0.2, 0.25) is 0 Å². The number of aryl methyl sites for hydroxylation is 1. The molecule has 0 unspecified atom stereocenters. The van der Waals surface area contributed by atoms with Crippen LogP contribution in [0.25, 0.3) is 33.1 Å². The van der Waals surface area contributed by atoms with E-state index < -0.39 is 0 Å². The predicted molar refractivity (Wildman–Crippen MR) is 132 cm³/mol. The summed E-state index contributed by atoms with van der Waals surface area (Å²) >= 11 is 1.28. The number of nitrogens with zero attached hydrogens (tertiary/aromatic N) is 7. The molecule has 4 heterocycles. The van der Waals surface area contributed by atoms with E-state index in [1.165, 1.54) is 11.3 Å². The van der Waals surface area contributed by atoms with E-state index in [0.717, 1.165) is 48.2 Å². The number of aromatic nitrogens is 6. The van der Waals surface area contributed by atoms with Crippen LogP contribution >= 0.6 is 11.3 Å². The number of amides is 1. The standard InChI is InChI=1S/C24H26N8OS/c1-15(2)27-21-19(22-29-30-23(34-22)24(33)32-9-4-5-10-32)13-25-20(28-21)17-8-6-7-16(11-17)18-12-26-31(3)14-18/h6-8,11-15H,4-5,9-10H2,1-3H3,(H,25,27,28). The fraction of sp³-hybridized carbons (Fsp3) is 0.333. The number of carbonyl (C=O) groups is 1. The third-order valence-corrected chi connectivity index (χ3v) is 6.55. The van der Waals surface area contributed by atoms with Crippen molar-refractivity contribution in [3.8, 4) is 33.1 Å². The maximum atomic E-state index is 12.7. The number of benzene rings is 1. The number of rotatable bonds is 6. The Morgan fingerprint density at radius 2 is 1.88 bits per heavy atom. The normalized spacial score (nSPS) is 13.6. The highest BCUT2D eigenvalue weighted by atomic mass is 32.1. The van der Waals surface area contributed by atoms with E-state index in [1.807, 2.05) is 42.5 Å². The molecule has 4 aromatic rings. The zero-order chi connectivity index (χ0) is 23.7. The van der Waals surface area contributed by atoms with Gasteiger partial charge in [-0.05, 0) is 38.3 Å². The Morgan fingerprint density at radius 3 is 2.62 bits per heavy atom. The summed E-state index contributed by atoms with van der Waals surface area (Å²) in [4.78, 5) is 24.0. The summed E-state index contributed by atoms with van der Waals surface area (Å²) in [5.74, 6) is 1.22. The van der Waals surface area contributed by atoms with Gasteiger partial charge in [0, 0.05) is 49.7 Å². The lowest BCUT2D eigenvalue weighted by Gasteiger charge is -2.14. The minimum atomic E-state index is -0.0515. The molecule has 1 N–H and O–H groups in total. The van der Waals surface area contributed by atoms with Crippen LogP contribution in [0, 0.1) is 0 Å². The fourth-order valence-electron chi connectivity index (χ4n) is 3.94. The molecular weight excluding hydrogens is 448 g/mol. The second-order valence-electron chi connectivity index (χ2n) is 8.65. The SMILES string of the molecule is CC(C)Nc1nc(-c2cccc(-c3cnn(C)c3)c2)ncc1-c1nnc(C(=O)N2CCCC2)s1. The summed E-state index contributed by atoms with van der Waals surface area (Å²) in [5, 5.41) is 17.2. The number of anilines is 1. The Kier molecular flexibility index (Phi) is 6.06. The highest BCUT2D eigenvalue weighted by molar-refractivity contribution is 7.16. The number of carbonyl (C=O) groups excluding carboxylic acids is 1. The second kappa shape index (κ2) is 9.30. The molecule has 1 amide bonds. The van der Waals surface area contributed by atoms with E-state index in [-0.39, 0.29) is 11.9 Å². The van der Waals surface area contributed by atoms with Crippen molar-refractivity contribution < 1.29 is 4.79 Å². The Labute approximate surface area is 201 Å². The van der Waals surface area contributed by atoms with E-state index >= 15 is 0 Å². The summed E-state index contributed by atoms with van der Waals surface area (Å²) in [7, 11) is 1.90. The van der Waals surface area contributed by atoms with Gasteiger partial charge in [-0.3, -0.25) is 9.48 Å². The van der Waals surface area contributed by atoms with Crippen LogP contribution in [-0.4, -0.2) is 59.9 Å². The van der Waals surface area contributed by atoms with Crippen molar-refractivity contribution in [2.45, 2.75) is 32.7 Å². The Bertz CT molecular complexity index is 1320. The van der Waals surface area contributed by atoms with Gasteiger partial charge in [0.25, 0.3) is 5.91 Å². The molecule has 0 saturated carbocycles. The van der Waals surface area contributed by atoms with Crippen molar-refractivity contribution in [1.82, 2.24) is 34.8 Å². The van der Waals surface area contributed by atoms with Crippen LogP contribution < -0.4 is 5.32 Å². The van der Waals surface area contributed by atoms with E-state index in [0.29, 0.717) is 21.7 Å². The Morgan fingerprint density at radius 1 is 1.09 bits per heavy atom. The smallest absolute Gasteiger partial charge is 0.284 e. The summed E-state index contributed by atoms with van der Waals surface area (Å²) in [5.41, 5.74) is 3.72. The van der Waals surface area contributed by atoms with Crippen LogP contribution in [0.5, 0.6) is 0 Å². The molecule has 3 aromatic heterocycles. The lowest BCUT2D eigenvalue weighted by Crippen LogP contribution is -2.27. The molecular formula is C24H26N8OS. The van der Waals surface area contributed by atoms with Gasteiger partial charge in [0.2, 0.25) is 5.01 Å². The summed E-state index contributed by atoms with van der Waals surface area (Å²) in [6.45, 7) is 5.67. The van der Waals surface area contributed by atoms with Gasteiger partial charge in [-0.15, -0.1) is 10.2 Å². The molecule has 1 aliphatic rings. The largest absolute Gasteiger partial charge is 0.367 e. The third-order valence-electron chi connectivity index (χ3n) is 5.60. The molecule has 5 rings (SSSR count). The number of nitrogens with one attached hydrogen (secondary N) is 1. The molecule has 10 heteroatoms. The van der Waals surface area contributed by atoms with Gasteiger partial charge >= 0.3 is 0 Å². The average Bonchev–Trinajstić information content (AvgIpc) is 3.60. The first-order valence-corrected chi connectivity index (χ1v) is 12.2. The Hall–Kier alpha value is -3.66. The minimum absolute atomic E-state index is 0.0515. The lowest BCUT2D eigenvalue weighted by atomic mass is 10.1. The highest BCUT2D eigenvalue weighted by Gasteiger charge is 2.24. The first kappa shape index (κ1) is 22.1. The molecule has 174 valence electrons. The van der Waals surface area contributed by atoms with Gasteiger partial charge in [0.05, 0.1) is 11.8 Å². The Balaban J connectivity index is 1.48. The first-order chi connectivity index (χ1) is 16.5. The highest BCUT2D eigenvalue weighted by Crippen LogP contribution is 2.32. The molecule has 0 bridgehead atoms. The molecule has 1 aliphatic heterocycles. The van der Waals surface area contributed by atoms with Crippen molar-refractivity contribution >= 4 is 23.1 Å². The van der Waals surface area contributed by atoms with Crippen molar-refractivity contribution in [3.63, 3.8) is 0 Å². The van der Waals surface area contributed by atoms with E-state index in [1.54, 1.807) is 10.9 Å². The summed E-state index contributed by atoms with van der Waals surface area (Å²) in [6, 6.07) is 8.24. The van der Waals surface area contributed by atoms with Gasteiger partial charge in [-0.1, -0.05) is 29.5 Å². The maximum Gasteiger partial charge on any atom is 0.284 e. The molecule has 0 aliphatic carbocycles. The zero-order valence-electron chi connectivity index (χ0n) is 19.4. The van der Waals surface area contributed by atoms with E-state index in [9.17, 15) is 4.79 Å². The molecule has 1 saturated heterocycles. The average molecular weight is 475 g/mol. The topological polar surface area (TPSA) is 102 Å². The number of hydrogen-bond donors (Lipinski definition) is 1. The van der Waals surface area contributed by atoms with Gasteiger partial charge in [0.15, 0.2) is 10.8 Å². The van der Waals surface area contributed by atoms with Gasteiger partial charge in [0.1, 0.15) is 5.82 Å². The van der Waals surface area contributed by atoms with Crippen molar-refractivity contribution in [2.24, 2.45) is 7.05 Å². The molecule has 1 fully saturated rings. The maximum absolute atomic E-state index is 12.7. The van der Waals surface area contributed by atoms with Crippen LogP contribution in [0.1, 0.15) is 36.5 Å². The van der Waals surface area contributed by atoms with Gasteiger partial charge < -0.3 is 10.2 Å². The second-order valence-corrected chi connectivity index (χ2v) is 9.63. The predicted octanol–water partition coefficient (Wildman–Crippen LogP) is 4.12. The first-order valence-electron chi connectivity index (χ1n) is 11.3. The number of hydrogen-bond acceptors (Lipinski definition) is 8. The monoisotopic (exact) mass is 474 g/mol. The lowest BCUT2D eigenvalue weighted by molar-refractivity contribution is 0.0791. The van der Waals surface area contributed by atoms with Crippen molar-refractivity contribution in [3.05, 3.63) is 47.9 Å². The molecule has 0 atom stereocenters. The summed E-state index contributed by atoms with van der Waals surface area (Å²) in [6.07, 6.45) is 7.65. The van der Waals surface area contributed by atoms with Crippen molar-refractivity contribution in [1.29, 1.82) is 0 Å². The quantitative estimate of drug-likeness (QED) is 0.448. The third kappa shape index (κ3) is 4.54. The molecule has 0 radical (unpaired) electrons. The van der Waals surface area contributed by atoms with Crippen LogP contribution in [-0.2, 0) is 7.05 Å². The van der Waals surface area contributed by atoms with Crippen LogP contribution in [0.3, 0.4) is 0 Å². The van der Waals surface area contributed by atoms with Gasteiger partial charge in [-0.2, -0.15) is 5.10 Å². The molecule has 0 spiro atoms.